The number of hydrogen-bond acceptors (Lipinski definition) is 0. The van der Waals surface area contributed by atoms with Gasteiger partial charge in [-0.05, 0) is 17.7 Å². The van der Waals surface area contributed by atoms with Crippen molar-refractivity contribution in [3.63, 3.8) is 0 Å². The summed E-state index contributed by atoms with van der Waals surface area (Å²) in [6, 6.07) is 0.906. The van der Waals surface area contributed by atoms with Gasteiger partial charge in [0.25, 0.3) is 6.69 Å². The third-order valence-corrected chi connectivity index (χ3v) is 6.94. The Morgan fingerprint density at radius 3 is 2.70 bits per heavy atom. The highest BCUT2D eigenvalue weighted by molar-refractivity contribution is 7.48. The molecule has 0 N–H and O–H groups in total. The smallest absolute Gasteiger partial charge is 0.140 e. The third kappa shape index (κ3) is 1.65. The first-order valence-electron chi connectivity index (χ1n) is 3.41. The molecule has 0 saturated carbocycles. The van der Waals surface area contributed by atoms with Gasteiger partial charge in [-0.2, -0.15) is 0 Å². The van der Waals surface area contributed by atoms with E-state index in [9.17, 15) is 0 Å². The molecule has 0 aliphatic heterocycles. The Balaban J connectivity index is 2.65. The fraction of sp³-hybridized carbons (Fsp3) is 0.429. The average molecular weight is 193 g/mol. The number of halogens is 2. The molecule has 0 fully saturated rings. The minimum absolute atomic E-state index is 0.906. The molecule has 0 heterocycles. The van der Waals surface area contributed by atoms with E-state index >= 15 is 0 Å². The Labute approximate surface area is 71.9 Å². The van der Waals surface area contributed by atoms with Crippen molar-refractivity contribution in [2.75, 3.05) is 0 Å². The summed E-state index contributed by atoms with van der Waals surface area (Å²) in [5.74, 6) is 0. The zero-order valence-electron chi connectivity index (χ0n) is 5.90. The molecule has 0 amide bonds. The van der Waals surface area contributed by atoms with Crippen LogP contribution in [0.5, 0.6) is 0 Å². The van der Waals surface area contributed by atoms with Gasteiger partial charge in [-0.1, -0.05) is 25.2 Å². The maximum Gasteiger partial charge on any atom is 0.277 e. The van der Waals surface area contributed by atoms with Gasteiger partial charge in [-0.15, -0.1) is 22.2 Å². The van der Waals surface area contributed by atoms with Crippen molar-refractivity contribution >= 4 is 28.9 Å². The fourth-order valence-corrected chi connectivity index (χ4v) is 3.00. The van der Waals surface area contributed by atoms with Crippen LogP contribution >= 0.6 is 22.2 Å². The van der Waals surface area contributed by atoms with E-state index in [0.29, 0.717) is 0 Å². The molecule has 10 heavy (non-hydrogen) atoms. The maximum atomic E-state index is 6.12. The quantitative estimate of drug-likeness (QED) is 0.466. The van der Waals surface area contributed by atoms with Crippen LogP contribution in [0.15, 0.2) is 23.4 Å². The summed E-state index contributed by atoms with van der Waals surface area (Å²) in [6.45, 7) is 0.0458. The second kappa shape index (κ2) is 3.12. The summed E-state index contributed by atoms with van der Waals surface area (Å²) in [5.41, 5.74) is 0. The standard InChI is InChI=1S/C7H10Cl2Si/c1-2-10(8,9)7-5-3-4-6-7/h3-5H,2,6H2,1H3. The van der Waals surface area contributed by atoms with Crippen LogP contribution in [-0.4, -0.2) is 6.69 Å². The lowest BCUT2D eigenvalue weighted by atomic mass is 10.5. The van der Waals surface area contributed by atoms with Crippen molar-refractivity contribution in [1.82, 2.24) is 0 Å². The van der Waals surface area contributed by atoms with Gasteiger partial charge in [-0.25, -0.2) is 0 Å². The molecule has 0 aromatic rings. The predicted octanol–water partition coefficient (Wildman–Crippen LogP) is 3.35. The lowest BCUT2D eigenvalue weighted by Gasteiger charge is -2.14. The van der Waals surface area contributed by atoms with Gasteiger partial charge in [0, 0.05) is 0 Å². The molecule has 0 radical (unpaired) electrons. The molecule has 0 nitrogen and oxygen atoms in total. The normalized spacial score (nSPS) is 17.7. The molecular weight excluding hydrogens is 183 g/mol. The van der Waals surface area contributed by atoms with Crippen LogP contribution < -0.4 is 0 Å². The average Bonchev–Trinajstić information content (AvgIpc) is 2.38. The van der Waals surface area contributed by atoms with Crippen molar-refractivity contribution in [2.24, 2.45) is 0 Å². The van der Waals surface area contributed by atoms with E-state index in [4.69, 9.17) is 22.2 Å². The molecule has 0 aromatic carbocycles. The zero-order valence-corrected chi connectivity index (χ0v) is 8.41. The largest absolute Gasteiger partial charge is 0.277 e. The predicted molar refractivity (Wildman–Crippen MR) is 49.8 cm³/mol. The van der Waals surface area contributed by atoms with Crippen LogP contribution in [-0.2, 0) is 0 Å². The molecule has 0 spiro atoms. The van der Waals surface area contributed by atoms with Crippen molar-refractivity contribution in [3.8, 4) is 0 Å². The second-order valence-electron chi connectivity index (χ2n) is 2.38. The molecule has 1 aliphatic carbocycles. The number of allylic oxidation sites excluding steroid dienone is 4. The zero-order chi connectivity index (χ0) is 7.61. The Kier molecular flexibility index (Phi) is 2.61. The van der Waals surface area contributed by atoms with Crippen LogP contribution in [0.3, 0.4) is 0 Å². The summed E-state index contributed by atoms with van der Waals surface area (Å²) < 4.78 is 0. The lowest BCUT2D eigenvalue weighted by molar-refractivity contribution is 1.34. The summed E-state index contributed by atoms with van der Waals surface area (Å²) >= 11 is 12.2. The van der Waals surface area contributed by atoms with E-state index in [1.807, 2.05) is 13.0 Å². The van der Waals surface area contributed by atoms with Gasteiger partial charge < -0.3 is 0 Å². The van der Waals surface area contributed by atoms with Gasteiger partial charge in [0.1, 0.15) is 0 Å². The van der Waals surface area contributed by atoms with Gasteiger partial charge in [0.05, 0.1) is 0 Å². The molecule has 0 atom stereocenters. The number of hydrogen-bond donors (Lipinski definition) is 0. The Morgan fingerprint density at radius 2 is 2.30 bits per heavy atom. The van der Waals surface area contributed by atoms with Crippen molar-refractivity contribution < 1.29 is 0 Å². The van der Waals surface area contributed by atoms with E-state index in [1.165, 1.54) is 5.20 Å². The molecule has 1 aliphatic rings. The summed E-state index contributed by atoms with van der Waals surface area (Å²) in [6.07, 6.45) is 7.14. The SMILES string of the molecule is CC[Si](Cl)(Cl)C1=CC=CC1. The minimum Gasteiger partial charge on any atom is -0.140 e. The van der Waals surface area contributed by atoms with Crippen LogP contribution in [0, 0.1) is 0 Å². The summed E-state index contributed by atoms with van der Waals surface area (Å²) in [7, 11) is 0. The topological polar surface area (TPSA) is 0 Å². The minimum atomic E-state index is -2.00. The second-order valence-corrected chi connectivity index (χ2v) is 9.59. The highest BCUT2D eigenvalue weighted by Gasteiger charge is 2.30. The summed E-state index contributed by atoms with van der Waals surface area (Å²) in [5, 5.41) is 1.25. The highest BCUT2D eigenvalue weighted by Crippen LogP contribution is 2.32. The van der Waals surface area contributed by atoms with E-state index in [2.05, 4.69) is 12.2 Å². The van der Waals surface area contributed by atoms with Gasteiger partial charge in [0.2, 0.25) is 0 Å². The van der Waals surface area contributed by atoms with Gasteiger partial charge >= 0.3 is 0 Å². The fourth-order valence-electron chi connectivity index (χ4n) is 0.946. The van der Waals surface area contributed by atoms with E-state index in [-0.39, 0.29) is 0 Å². The van der Waals surface area contributed by atoms with E-state index in [0.717, 1.165) is 12.5 Å². The van der Waals surface area contributed by atoms with Crippen LogP contribution in [0.1, 0.15) is 13.3 Å². The first kappa shape index (κ1) is 8.37. The molecule has 1 rings (SSSR count). The maximum absolute atomic E-state index is 6.12. The molecule has 56 valence electrons. The Hall–Kier alpha value is 0.277. The van der Waals surface area contributed by atoms with Gasteiger partial charge in [0.15, 0.2) is 0 Å². The van der Waals surface area contributed by atoms with Gasteiger partial charge in [-0.3, -0.25) is 0 Å². The first-order valence-corrected chi connectivity index (χ1v) is 7.64. The van der Waals surface area contributed by atoms with E-state index in [1.54, 1.807) is 0 Å². The number of rotatable bonds is 2. The Morgan fingerprint density at radius 1 is 1.60 bits per heavy atom. The van der Waals surface area contributed by atoms with Crippen molar-refractivity contribution in [1.29, 1.82) is 0 Å². The van der Waals surface area contributed by atoms with E-state index < -0.39 is 6.69 Å². The monoisotopic (exact) mass is 192 g/mol. The highest BCUT2D eigenvalue weighted by atomic mass is 35.7. The first-order chi connectivity index (χ1) is 4.67. The lowest BCUT2D eigenvalue weighted by Crippen LogP contribution is -2.20. The molecule has 0 saturated heterocycles. The van der Waals surface area contributed by atoms with Crippen molar-refractivity contribution in [3.05, 3.63) is 23.4 Å². The summed E-state index contributed by atoms with van der Waals surface area (Å²) in [4.78, 5) is 0. The molecule has 0 bridgehead atoms. The van der Waals surface area contributed by atoms with Crippen LogP contribution in [0.4, 0.5) is 0 Å². The third-order valence-electron chi connectivity index (χ3n) is 1.69. The van der Waals surface area contributed by atoms with Crippen LogP contribution in [0.25, 0.3) is 0 Å². The molecule has 0 unspecified atom stereocenters. The molecule has 0 aromatic heterocycles. The molecular formula is C7H10Cl2Si. The Bertz CT molecular complexity index is 182. The van der Waals surface area contributed by atoms with Crippen LogP contribution in [0.2, 0.25) is 6.04 Å². The molecule has 3 heteroatoms. The van der Waals surface area contributed by atoms with Crippen molar-refractivity contribution in [2.45, 2.75) is 19.4 Å².